The number of aliphatic hydroxyl groups is 7. The van der Waals surface area contributed by atoms with E-state index in [0.29, 0.717) is 5.56 Å². The lowest BCUT2D eigenvalue weighted by Crippen LogP contribution is -2.64. The number of aliphatic hydroxyl groups excluding tert-OH is 7. The van der Waals surface area contributed by atoms with Crippen molar-refractivity contribution in [2.24, 2.45) is 5.73 Å². The van der Waals surface area contributed by atoms with Crippen molar-refractivity contribution < 1.29 is 133 Å². The minimum absolute atomic E-state index is 0.110. The maximum Gasteiger partial charge on any atom is 0.335 e. The molecule has 8 heterocycles. The average Bonchev–Trinajstić information content (AvgIpc) is 0.772. The van der Waals surface area contributed by atoms with Crippen LogP contribution in [0.3, 0.4) is 0 Å². The van der Waals surface area contributed by atoms with Crippen LogP contribution in [0.4, 0.5) is 0 Å². The molecule has 0 aliphatic carbocycles. The van der Waals surface area contributed by atoms with Crippen LogP contribution in [-0.2, 0) is 54.3 Å². The zero-order valence-electron chi connectivity index (χ0n) is 55.7. The predicted octanol–water partition coefficient (Wildman–Crippen LogP) is 0.545. The molecule has 8 aliphatic rings. The lowest BCUT2D eigenvalue weighted by atomic mass is 9.90. The lowest BCUT2D eigenvalue weighted by molar-refractivity contribution is -0.277. The summed E-state index contributed by atoms with van der Waals surface area (Å²) in [6.07, 6.45) is -20.9. The number of rotatable bonds is 8. The number of fused-ring (bicyclic) bond motifs is 14. The fourth-order valence-electron chi connectivity index (χ4n) is 13.2. The third kappa shape index (κ3) is 14.6. The Morgan fingerprint density at radius 3 is 1.92 bits per heavy atom. The first kappa shape index (κ1) is 75.1. The standard InChI is InChI=1S/C71H66Cl2N8O27/c1-75-48-27-7-11-37(84)40(16-27)103-32-21-34(46(73)38(85)22-32)51-66(96)78-50-29-17-42(102-31-9-5-24(6-10-31)13-36(62(92)79-51)76-63(48)93)60(107-70-47(74)56(88)58(90)61(108-70)69(100)101)43(18-29)104-39-12-8-28(15-35(39)72)54(86)53-67(97)80-52(68(98)99)33-19-30(83)20-41(105-71-59(91)57(89)55(87)44(23-82)106-71)45(33)25-3-2-4-26(14-25)49(64(94)81-53)77-65(50)95/h2-12,14-22,36,44,47-59,61,70-71,75,82-91H,13,23,74H2,1H3,(H,76,93)(H,77,95)(H,78,96)(H,79,92)(H,80,97)(H,81,94)(H,98,99)(H,100,101). The highest BCUT2D eigenvalue weighted by molar-refractivity contribution is 6.33. The molecule has 8 aliphatic heterocycles. The molecule has 15 rings (SSSR count). The molecule has 35 nitrogen and oxygen atoms in total. The first-order valence-corrected chi connectivity index (χ1v) is 33.7. The Hall–Kier alpha value is -11.2. The first-order valence-electron chi connectivity index (χ1n) is 32.9. The summed E-state index contributed by atoms with van der Waals surface area (Å²) in [5, 5.41) is 150. The van der Waals surface area contributed by atoms with Crippen molar-refractivity contribution >= 4 is 70.6 Å². The van der Waals surface area contributed by atoms with Crippen molar-refractivity contribution in [2.75, 3.05) is 13.7 Å². The number of hydrogen-bond donors (Lipinski definition) is 20. The molecular formula is C71H66Cl2N8O27. The monoisotopic (exact) mass is 1530 g/mol. The zero-order chi connectivity index (χ0) is 77.2. The van der Waals surface area contributed by atoms with Gasteiger partial charge in [-0.1, -0.05) is 65.7 Å². The van der Waals surface area contributed by atoms with E-state index in [1.54, 1.807) is 0 Å². The van der Waals surface area contributed by atoms with Crippen LogP contribution in [0.5, 0.6) is 63.2 Å². The van der Waals surface area contributed by atoms with Gasteiger partial charge in [-0.3, -0.25) is 28.8 Å². The predicted molar refractivity (Wildman–Crippen MR) is 366 cm³/mol. The summed E-state index contributed by atoms with van der Waals surface area (Å²) in [6.45, 7) is -0.945. The van der Waals surface area contributed by atoms with Gasteiger partial charge >= 0.3 is 11.9 Å². The number of halogens is 2. The SMILES string of the molecule is CNC1C(=O)NC2Cc3ccc(cc3)Oc3cc4cc(c3OC3OC(C(=O)O)C(O)C(O)C3N)Oc3ccc(cc3Cl)C(O)C3NC(=O)C(NC(=O)C4NC(=O)C(NC2=O)c2cc(cc(O)c2Cl)Oc2cc1ccc2O)c1cccc(c1)-c1c(OC2OC(CO)C(O)C(O)C2O)cc(O)cc1C(C(=O)O)NC3=O. The highest BCUT2D eigenvalue weighted by Crippen LogP contribution is 2.49. The van der Waals surface area contributed by atoms with Crippen molar-refractivity contribution in [1.29, 1.82) is 0 Å². The van der Waals surface area contributed by atoms with Gasteiger partial charge in [-0.15, -0.1) is 0 Å². The van der Waals surface area contributed by atoms with E-state index in [9.17, 15) is 75.7 Å². The maximum absolute atomic E-state index is 16.4. The normalized spacial score (nSPS) is 28.4. The third-order valence-electron chi connectivity index (χ3n) is 18.8. The van der Waals surface area contributed by atoms with Crippen LogP contribution >= 0.6 is 23.2 Å². The molecule has 18 atom stereocenters. The van der Waals surface area contributed by atoms with Crippen LogP contribution in [0, 0.1) is 0 Å². The summed E-state index contributed by atoms with van der Waals surface area (Å²) >= 11 is 14.0. The second-order valence-corrected chi connectivity index (χ2v) is 26.7. The Labute approximate surface area is 618 Å². The first-order chi connectivity index (χ1) is 51.5. The number of carboxylic acid groups (broad SMARTS) is 2. The summed E-state index contributed by atoms with van der Waals surface area (Å²) in [4.78, 5) is 120. The minimum Gasteiger partial charge on any atom is -0.508 e. The summed E-state index contributed by atoms with van der Waals surface area (Å²) in [5.74, 6) is -16.9. The highest BCUT2D eigenvalue weighted by Gasteiger charge is 2.50. The van der Waals surface area contributed by atoms with Crippen LogP contribution in [0.2, 0.25) is 10.0 Å². The van der Waals surface area contributed by atoms with Crippen molar-refractivity contribution in [2.45, 2.75) is 116 Å². The summed E-state index contributed by atoms with van der Waals surface area (Å²) in [6, 6.07) is 7.56. The van der Waals surface area contributed by atoms with E-state index < -0.39 is 236 Å². The fraction of sp³-hybridized carbons (Fsp3) is 0.296. The number of carbonyl (C=O) groups is 8. The van der Waals surface area contributed by atoms with Crippen LogP contribution < -0.4 is 66.6 Å². The Bertz CT molecular complexity index is 4790. The van der Waals surface area contributed by atoms with E-state index in [4.69, 9.17) is 62.1 Å². The van der Waals surface area contributed by atoms with Gasteiger partial charge in [-0.05, 0) is 107 Å². The van der Waals surface area contributed by atoms with E-state index in [2.05, 4.69) is 37.2 Å². The molecule has 108 heavy (non-hydrogen) atoms. The van der Waals surface area contributed by atoms with Gasteiger partial charge in [0.05, 0.1) is 22.7 Å². The van der Waals surface area contributed by atoms with Gasteiger partial charge in [0.1, 0.15) is 113 Å². The molecule has 7 aromatic carbocycles. The number of phenols is 3. The smallest absolute Gasteiger partial charge is 0.335 e. The Kier molecular flexibility index (Phi) is 21.0. The maximum atomic E-state index is 16.4. The van der Waals surface area contributed by atoms with E-state index in [-0.39, 0.29) is 51.5 Å². The minimum atomic E-state index is -2.37. The highest BCUT2D eigenvalue weighted by atomic mass is 35.5. The molecule has 0 radical (unpaired) electrons. The average molecular weight is 1530 g/mol. The number of carbonyl (C=O) groups excluding carboxylic acids is 6. The van der Waals surface area contributed by atoms with Crippen LogP contribution in [-0.4, -0.2) is 196 Å². The van der Waals surface area contributed by atoms with Crippen LogP contribution in [0.15, 0.2) is 121 Å². The number of aliphatic carboxylic acids is 2. The number of ether oxygens (including phenoxy) is 7. The van der Waals surface area contributed by atoms with Crippen molar-refractivity contribution in [3.05, 3.63) is 170 Å². The number of hydrogen-bond acceptors (Lipinski definition) is 27. The molecule has 0 saturated carbocycles. The van der Waals surface area contributed by atoms with Gasteiger partial charge in [0.2, 0.25) is 53.8 Å². The van der Waals surface area contributed by atoms with Gasteiger partial charge < -0.3 is 137 Å². The van der Waals surface area contributed by atoms with Gasteiger partial charge in [0.25, 0.3) is 0 Å². The van der Waals surface area contributed by atoms with E-state index >= 15 is 24.0 Å². The summed E-state index contributed by atoms with van der Waals surface area (Å²) in [7, 11) is 1.43. The fourth-order valence-corrected chi connectivity index (χ4v) is 13.7. The molecule has 0 aromatic heterocycles. The number of likely N-dealkylation sites (N-methyl/N-ethyl adjacent to an activating group) is 1. The van der Waals surface area contributed by atoms with Crippen molar-refractivity contribution in [3.63, 3.8) is 0 Å². The molecule has 17 bridgehead atoms. The van der Waals surface area contributed by atoms with E-state index in [1.165, 1.54) is 73.8 Å². The topological polar surface area (TPSA) is 554 Å². The van der Waals surface area contributed by atoms with Crippen LogP contribution in [0.25, 0.3) is 11.1 Å². The number of aromatic hydroxyl groups is 3. The second-order valence-electron chi connectivity index (χ2n) is 25.9. The molecule has 18 unspecified atom stereocenters. The Morgan fingerprint density at radius 2 is 1.22 bits per heavy atom. The van der Waals surface area contributed by atoms with Crippen molar-refractivity contribution in [3.8, 4) is 74.4 Å². The van der Waals surface area contributed by atoms with E-state index in [1.807, 2.05) is 0 Å². The largest absolute Gasteiger partial charge is 0.508 e. The van der Waals surface area contributed by atoms with E-state index in [0.717, 1.165) is 54.6 Å². The zero-order valence-corrected chi connectivity index (χ0v) is 57.2. The molecular weight excluding hydrogens is 1470 g/mol. The van der Waals surface area contributed by atoms with Gasteiger partial charge in [0, 0.05) is 35.2 Å². The number of carboxylic acids is 2. The second kappa shape index (κ2) is 30.2. The quantitative estimate of drug-likeness (QED) is 0.0987. The molecule has 2 saturated heterocycles. The molecule has 0 spiro atoms. The Morgan fingerprint density at radius 1 is 0.556 bits per heavy atom. The molecule has 566 valence electrons. The van der Waals surface area contributed by atoms with Gasteiger partial charge in [-0.2, -0.15) is 0 Å². The molecule has 37 heteroatoms. The molecule has 7 aromatic rings. The van der Waals surface area contributed by atoms with Crippen molar-refractivity contribution in [1.82, 2.24) is 37.2 Å². The van der Waals surface area contributed by atoms with Gasteiger partial charge in [-0.25, -0.2) is 9.59 Å². The lowest BCUT2D eigenvalue weighted by Gasteiger charge is -2.40. The third-order valence-corrected chi connectivity index (χ3v) is 19.5. The molecule has 2 fully saturated rings. The number of benzene rings is 7. The number of amides is 6. The molecule has 6 amide bonds. The Balaban J connectivity index is 1.05. The van der Waals surface area contributed by atoms with Crippen LogP contribution in [0.1, 0.15) is 75.3 Å². The summed E-state index contributed by atoms with van der Waals surface area (Å²) < 4.78 is 43.1. The number of nitrogens with two attached hydrogens (primary N) is 1. The summed E-state index contributed by atoms with van der Waals surface area (Å²) in [5.41, 5.74) is 4.30. The molecule has 21 N–H and O–H groups in total. The van der Waals surface area contributed by atoms with Gasteiger partial charge in [0.15, 0.2) is 35.1 Å². The number of phenolic OH excluding ortho intramolecular Hbond substituents is 3. The number of nitrogens with one attached hydrogen (secondary N) is 7.